The van der Waals surface area contributed by atoms with Crippen molar-refractivity contribution in [3.8, 4) is 0 Å². The molecule has 0 saturated heterocycles. The fraction of sp³-hybridized carbons (Fsp3) is 0.0625. The highest BCUT2D eigenvalue weighted by Crippen LogP contribution is 2.35. The molecule has 0 spiro atoms. The minimum absolute atomic E-state index is 0.0415. The Kier molecular flexibility index (Phi) is 4.56. The molecule has 6 nitrogen and oxygen atoms in total. The lowest BCUT2D eigenvalue weighted by molar-refractivity contribution is -0.137. The number of nitrogens with one attached hydrogen (secondary N) is 3. The van der Waals surface area contributed by atoms with E-state index in [-0.39, 0.29) is 5.69 Å². The van der Waals surface area contributed by atoms with Crippen LogP contribution < -0.4 is 10.6 Å². The SMILES string of the molecule is O=C(Nc1ccc(C(F)(F)F)c(Cl)c1)C(=O)Nc1c[nH]c2cccnc12. The average molecular weight is 383 g/mol. The normalized spacial score (nSPS) is 11.4. The first-order valence-electron chi connectivity index (χ1n) is 7.17. The molecule has 0 radical (unpaired) electrons. The molecule has 0 aliphatic heterocycles. The van der Waals surface area contributed by atoms with Gasteiger partial charge in [0.2, 0.25) is 0 Å². The summed E-state index contributed by atoms with van der Waals surface area (Å²) in [6, 6.07) is 6.09. The van der Waals surface area contributed by atoms with E-state index in [2.05, 4.69) is 20.6 Å². The van der Waals surface area contributed by atoms with Gasteiger partial charge in [-0.1, -0.05) is 11.6 Å². The molecule has 0 aliphatic carbocycles. The van der Waals surface area contributed by atoms with Crippen molar-refractivity contribution < 1.29 is 22.8 Å². The molecule has 0 atom stereocenters. The van der Waals surface area contributed by atoms with Gasteiger partial charge in [0.1, 0.15) is 5.52 Å². The lowest BCUT2D eigenvalue weighted by Gasteiger charge is -2.11. The van der Waals surface area contributed by atoms with Crippen LogP contribution in [-0.2, 0) is 15.8 Å². The number of amides is 2. The number of aromatic nitrogens is 2. The molecular weight excluding hydrogens is 373 g/mol. The highest BCUT2D eigenvalue weighted by Gasteiger charge is 2.33. The molecule has 26 heavy (non-hydrogen) atoms. The predicted molar refractivity (Wildman–Crippen MR) is 89.8 cm³/mol. The summed E-state index contributed by atoms with van der Waals surface area (Å²) in [5.74, 6) is -2.07. The van der Waals surface area contributed by atoms with Gasteiger partial charge in [0, 0.05) is 18.1 Å². The number of carbonyl (C=O) groups excluding carboxylic acids is 2. The second-order valence-corrected chi connectivity index (χ2v) is 5.61. The first kappa shape index (κ1) is 17.7. The highest BCUT2D eigenvalue weighted by atomic mass is 35.5. The Hall–Kier alpha value is -3.07. The standard InChI is InChI=1S/C16H10ClF3N4O2/c17-10-6-8(3-4-9(10)16(18,19)20)23-14(25)15(26)24-12-7-22-11-2-1-5-21-13(11)12/h1-7,22H,(H,23,25)(H,24,26). The van der Waals surface area contributed by atoms with E-state index in [0.29, 0.717) is 16.7 Å². The van der Waals surface area contributed by atoms with Crippen LogP contribution in [-0.4, -0.2) is 21.8 Å². The van der Waals surface area contributed by atoms with Crippen molar-refractivity contribution in [3.63, 3.8) is 0 Å². The summed E-state index contributed by atoms with van der Waals surface area (Å²) in [6.07, 6.45) is -1.62. The van der Waals surface area contributed by atoms with Gasteiger partial charge in [0.05, 0.1) is 21.8 Å². The summed E-state index contributed by atoms with van der Waals surface area (Å²) in [4.78, 5) is 30.9. The van der Waals surface area contributed by atoms with Crippen LogP contribution in [0.15, 0.2) is 42.7 Å². The number of hydrogen-bond acceptors (Lipinski definition) is 3. The van der Waals surface area contributed by atoms with E-state index in [1.807, 2.05) is 0 Å². The van der Waals surface area contributed by atoms with Gasteiger partial charge in [-0.25, -0.2) is 0 Å². The first-order valence-corrected chi connectivity index (χ1v) is 7.54. The third-order valence-corrected chi connectivity index (χ3v) is 3.73. The number of rotatable bonds is 2. The predicted octanol–water partition coefficient (Wildman–Crippen LogP) is 3.81. The zero-order valence-corrected chi connectivity index (χ0v) is 13.6. The number of nitrogens with zero attached hydrogens (tertiary/aromatic N) is 1. The number of H-pyrrole nitrogens is 1. The summed E-state index contributed by atoms with van der Waals surface area (Å²) < 4.78 is 38.0. The molecule has 0 fully saturated rings. The zero-order valence-electron chi connectivity index (χ0n) is 12.8. The minimum Gasteiger partial charge on any atom is -0.358 e. The molecule has 2 heterocycles. The molecule has 3 aromatic rings. The largest absolute Gasteiger partial charge is 0.417 e. The van der Waals surface area contributed by atoms with Crippen LogP contribution in [0.1, 0.15) is 5.56 Å². The minimum atomic E-state index is -4.61. The van der Waals surface area contributed by atoms with Crippen LogP contribution in [0.5, 0.6) is 0 Å². The average Bonchev–Trinajstić information content (AvgIpc) is 2.97. The van der Waals surface area contributed by atoms with E-state index in [1.165, 1.54) is 12.4 Å². The number of anilines is 2. The molecule has 10 heteroatoms. The second kappa shape index (κ2) is 6.68. The van der Waals surface area contributed by atoms with Crippen molar-refractivity contribution in [2.75, 3.05) is 10.6 Å². The van der Waals surface area contributed by atoms with Gasteiger partial charge in [-0.15, -0.1) is 0 Å². The molecule has 1 aromatic carbocycles. The summed E-state index contributed by atoms with van der Waals surface area (Å²) in [7, 11) is 0. The smallest absolute Gasteiger partial charge is 0.358 e. The molecule has 2 aromatic heterocycles. The van der Waals surface area contributed by atoms with E-state index in [9.17, 15) is 22.8 Å². The van der Waals surface area contributed by atoms with Crippen molar-refractivity contribution in [1.82, 2.24) is 9.97 Å². The quantitative estimate of drug-likeness (QED) is 0.589. The van der Waals surface area contributed by atoms with Crippen LogP contribution in [0.2, 0.25) is 5.02 Å². The van der Waals surface area contributed by atoms with Gasteiger partial charge in [-0.3, -0.25) is 14.6 Å². The van der Waals surface area contributed by atoms with E-state index in [4.69, 9.17) is 11.6 Å². The van der Waals surface area contributed by atoms with Crippen LogP contribution in [0, 0.1) is 0 Å². The maximum Gasteiger partial charge on any atom is 0.417 e. The summed E-state index contributed by atoms with van der Waals surface area (Å²) in [6.45, 7) is 0. The van der Waals surface area contributed by atoms with E-state index >= 15 is 0 Å². The third kappa shape index (κ3) is 3.62. The Labute approximate surface area is 149 Å². The zero-order chi connectivity index (χ0) is 18.9. The van der Waals surface area contributed by atoms with Gasteiger partial charge in [-0.05, 0) is 30.3 Å². The molecular formula is C16H10ClF3N4O2. The van der Waals surface area contributed by atoms with Crippen molar-refractivity contribution in [3.05, 3.63) is 53.3 Å². The second-order valence-electron chi connectivity index (χ2n) is 5.20. The fourth-order valence-corrected chi connectivity index (χ4v) is 2.53. The number of hydrogen-bond donors (Lipinski definition) is 3. The molecule has 3 N–H and O–H groups in total. The molecule has 0 unspecified atom stereocenters. The van der Waals surface area contributed by atoms with Crippen LogP contribution in [0.3, 0.4) is 0 Å². The highest BCUT2D eigenvalue weighted by molar-refractivity contribution is 6.44. The third-order valence-electron chi connectivity index (χ3n) is 3.42. The Morgan fingerprint density at radius 1 is 1.12 bits per heavy atom. The molecule has 0 saturated carbocycles. The number of aromatic amines is 1. The number of pyridine rings is 1. The van der Waals surface area contributed by atoms with Crippen LogP contribution >= 0.6 is 11.6 Å². The van der Waals surface area contributed by atoms with Gasteiger partial charge in [0.15, 0.2) is 0 Å². The lowest BCUT2D eigenvalue weighted by atomic mass is 10.2. The van der Waals surface area contributed by atoms with Crippen molar-refractivity contribution in [2.24, 2.45) is 0 Å². The molecule has 3 rings (SSSR count). The van der Waals surface area contributed by atoms with Crippen LogP contribution in [0.25, 0.3) is 11.0 Å². The first-order chi connectivity index (χ1) is 12.3. The van der Waals surface area contributed by atoms with E-state index in [1.54, 1.807) is 12.1 Å². The van der Waals surface area contributed by atoms with E-state index in [0.717, 1.165) is 18.2 Å². The monoisotopic (exact) mass is 382 g/mol. The van der Waals surface area contributed by atoms with Gasteiger partial charge >= 0.3 is 18.0 Å². The molecule has 134 valence electrons. The Morgan fingerprint density at radius 3 is 2.54 bits per heavy atom. The lowest BCUT2D eigenvalue weighted by Crippen LogP contribution is -2.29. The van der Waals surface area contributed by atoms with Crippen molar-refractivity contribution in [2.45, 2.75) is 6.18 Å². The maximum absolute atomic E-state index is 12.7. The topological polar surface area (TPSA) is 86.9 Å². The Morgan fingerprint density at radius 2 is 1.85 bits per heavy atom. The number of carbonyl (C=O) groups is 2. The van der Waals surface area contributed by atoms with Gasteiger partial charge in [-0.2, -0.15) is 13.2 Å². The summed E-state index contributed by atoms with van der Waals surface area (Å²) in [5, 5.41) is 3.98. The number of benzene rings is 1. The van der Waals surface area contributed by atoms with Crippen molar-refractivity contribution >= 4 is 45.8 Å². The Bertz CT molecular complexity index is 1000. The van der Waals surface area contributed by atoms with Crippen molar-refractivity contribution in [1.29, 1.82) is 0 Å². The number of alkyl halides is 3. The molecule has 0 aliphatic rings. The molecule has 2 amide bonds. The summed E-state index contributed by atoms with van der Waals surface area (Å²) in [5.41, 5.74) is 0.349. The summed E-state index contributed by atoms with van der Waals surface area (Å²) >= 11 is 5.57. The van der Waals surface area contributed by atoms with Gasteiger partial charge in [0.25, 0.3) is 0 Å². The Balaban J connectivity index is 1.72. The van der Waals surface area contributed by atoms with Crippen LogP contribution in [0.4, 0.5) is 24.5 Å². The number of halogens is 4. The maximum atomic E-state index is 12.7. The van der Waals surface area contributed by atoms with E-state index < -0.39 is 28.6 Å². The van der Waals surface area contributed by atoms with Gasteiger partial charge < -0.3 is 15.6 Å². The fourth-order valence-electron chi connectivity index (χ4n) is 2.24. The number of fused-ring (bicyclic) bond motifs is 1. The molecule has 0 bridgehead atoms.